The molecule has 1 aromatic carbocycles. The molecule has 0 spiro atoms. The van der Waals surface area contributed by atoms with Crippen LogP contribution in [0.2, 0.25) is 0 Å². The van der Waals surface area contributed by atoms with Crippen molar-refractivity contribution in [2.24, 2.45) is 0 Å². The lowest BCUT2D eigenvalue weighted by atomic mass is 10.2. The van der Waals surface area contributed by atoms with Gasteiger partial charge in [0.2, 0.25) is 0 Å². The Balaban J connectivity index is 2.60. The second-order valence-corrected chi connectivity index (χ2v) is 3.70. The van der Waals surface area contributed by atoms with Crippen LogP contribution in [0.1, 0.15) is 5.56 Å². The molecule has 2 nitrogen and oxygen atoms in total. The second-order valence-electron chi connectivity index (χ2n) is 2.56. The highest BCUT2D eigenvalue weighted by atomic mass is 32.2. The Labute approximate surface area is 88.4 Å². The zero-order chi connectivity index (χ0) is 11.3. The molecule has 15 heavy (non-hydrogen) atoms. The zero-order valence-electron chi connectivity index (χ0n) is 7.38. The largest absolute Gasteiger partial charge is 0.452 e. The number of hydrogen-bond donors (Lipinski definition) is 0. The summed E-state index contributed by atoms with van der Waals surface area (Å²) < 4.78 is 40.1. The van der Waals surface area contributed by atoms with Crippen LogP contribution >= 0.6 is 11.8 Å². The number of rotatable bonds is 4. The van der Waals surface area contributed by atoms with Crippen LogP contribution in [-0.4, -0.2) is 12.0 Å². The molecule has 0 aliphatic heterocycles. The first-order chi connectivity index (χ1) is 7.01. The molecule has 0 fully saturated rings. The number of ether oxygens (including phenoxy) is 1. The van der Waals surface area contributed by atoms with Crippen molar-refractivity contribution >= 4 is 18.2 Å². The Morgan fingerprint density at radius 2 is 1.87 bits per heavy atom. The molecular weight excluding hydrogens is 229 g/mol. The third-order valence-corrected chi connectivity index (χ3v) is 2.19. The standard InChI is InChI=1S/C9H6F3O2S/c10-9(11,12)15-8-3-1-7(2-4-8)5-14-6-13/h1-4H,5H2. The van der Waals surface area contributed by atoms with Crippen molar-refractivity contribution in [3.05, 3.63) is 29.8 Å². The summed E-state index contributed by atoms with van der Waals surface area (Å²) in [6, 6.07) is 5.57. The Bertz CT molecular complexity index is 321. The summed E-state index contributed by atoms with van der Waals surface area (Å²) in [5, 5.41) is 0. The van der Waals surface area contributed by atoms with Gasteiger partial charge in [-0.1, -0.05) is 12.1 Å². The Morgan fingerprint density at radius 1 is 1.27 bits per heavy atom. The third-order valence-electron chi connectivity index (χ3n) is 1.45. The molecule has 6 heteroatoms. The molecule has 0 aliphatic carbocycles. The van der Waals surface area contributed by atoms with E-state index in [2.05, 4.69) is 4.74 Å². The molecule has 0 unspecified atom stereocenters. The van der Waals surface area contributed by atoms with E-state index in [1.165, 1.54) is 30.7 Å². The SMILES string of the molecule is O=[C]OCc1ccc(SC(F)(F)F)cc1. The van der Waals surface area contributed by atoms with Gasteiger partial charge in [-0.2, -0.15) is 13.2 Å². The summed E-state index contributed by atoms with van der Waals surface area (Å²) in [4.78, 5) is 9.83. The van der Waals surface area contributed by atoms with Crippen LogP contribution in [0.5, 0.6) is 0 Å². The minimum atomic E-state index is -4.28. The third kappa shape index (κ3) is 4.73. The lowest BCUT2D eigenvalue weighted by Crippen LogP contribution is -1.99. The summed E-state index contributed by atoms with van der Waals surface area (Å²) in [5.74, 6) is 0. The molecule has 0 bridgehead atoms. The maximum atomic E-state index is 11.9. The summed E-state index contributed by atoms with van der Waals surface area (Å²) in [5.41, 5.74) is -3.67. The highest BCUT2D eigenvalue weighted by Gasteiger charge is 2.28. The van der Waals surface area contributed by atoms with Crippen molar-refractivity contribution in [2.75, 3.05) is 0 Å². The van der Waals surface area contributed by atoms with E-state index >= 15 is 0 Å². The highest BCUT2D eigenvalue weighted by Crippen LogP contribution is 2.36. The monoisotopic (exact) mass is 235 g/mol. The zero-order valence-corrected chi connectivity index (χ0v) is 8.19. The normalized spacial score (nSPS) is 11.1. The molecule has 0 saturated heterocycles. The van der Waals surface area contributed by atoms with Gasteiger partial charge in [0.1, 0.15) is 6.61 Å². The van der Waals surface area contributed by atoms with Crippen molar-refractivity contribution in [1.82, 2.24) is 0 Å². The van der Waals surface area contributed by atoms with E-state index in [4.69, 9.17) is 0 Å². The van der Waals surface area contributed by atoms with Gasteiger partial charge in [-0.05, 0) is 29.5 Å². The van der Waals surface area contributed by atoms with Crippen LogP contribution in [0.3, 0.4) is 0 Å². The first-order valence-corrected chi connectivity index (χ1v) is 4.66. The minimum absolute atomic E-state index is 0.0143. The highest BCUT2D eigenvalue weighted by molar-refractivity contribution is 8.00. The number of alkyl halides is 3. The molecule has 0 atom stereocenters. The number of benzene rings is 1. The van der Waals surface area contributed by atoms with Gasteiger partial charge in [0.15, 0.2) is 0 Å². The van der Waals surface area contributed by atoms with E-state index in [1.807, 2.05) is 0 Å². The Hall–Kier alpha value is -1.17. The molecule has 0 heterocycles. The number of halogens is 3. The molecule has 0 saturated carbocycles. The summed E-state index contributed by atoms with van der Waals surface area (Å²) in [7, 11) is 0. The molecule has 1 aromatic rings. The Morgan fingerprint density at radius 3 is 2.33 bits per heavy atom. The number of thioether (sulfide) groups is 1. The fraction of sp³-hybridized carbons (Fsp3) is 0.222. The average molecular weight is 235 g/mol. The average Bonchev–Trinajstić information content (AvgIpc) is 2.14. The van der Waals surface area contributed by atoms with Gasteiger partial charge in [0.05, 0.1) is 0 Å². The van der Waals surface area contributed by atoms with E-state index in [-0.39, 0.29) is 23.3 Å². The van der Waals surface area contributed by atoms with Gasteiger partial charge < -0.3 is 4.74 Å². The van der Waals surface area contributed by atoms with Crippen molar-refractivity contribution in [3.8, 4) is 0 Å². The molecular formula is C9H6F3O2S. The lowest BCUT2D eigenvalue weighted by molar-refractivity contribution is -0.0328. The van der Waals surface area contributed by atoms with Crippen molar-refractivity contribution in [1.29, 1.82) is 0 Å². The van der Waals surface area contributed by atoms with Gasteiger partial charge in [-0.25, -0.2) is 4.79 Å². The van der Waals surface area contributed by atoms with Crippen molar-refractivity contribution < 1.29 is 22.7 Å². The predicted molar refractivity (Wildman–Crippen MR) is 48.8 cm³/mol. The molecule has 0 amide bonds. The fourth-order valence-corrected chi connectivity index (χ4v) is 1.44. The van der Waals surface area contributed by atoms with E-state index in [9.17, 15) is 18.0 Å². The van der Waals surface area contributed by atoms with Gasteiger partial charge >= 0.3 is 12.0 Å². The van der Waals surface area contributed by atoms with E-state index in [0.717, 1.165) is 0 Å². The van der Waals surface area contributed by atoms with Crippen molar-refractivity contribution in [3.63, 3.8) is 0 Å². The number of carbonyl (C=O) groups excluding carboxylic acids is 1. The summed E-state index contributed by atoms with van der Waals surface area (Å²) >= 11 is -0.185. The summed E-state index contributed by atoms with van der Waals surface area (Å²) in [6.45, 7) is 1.25. The maximum Gasteiger partial charge on any atom is 0.446 e. The topological polar surface area (TPSA) is 26.3 Å². The first-order valence-electron chi connectivity index (χ1n) is 3.85. The first kappa shape index (κ1) is 11.9. The van der Waals surface area contributed by atoms with Gasteiger partial charge in [-0.15, -0.1) is 0 Å². The van der Waals surface area contributed by atoms with Gasteiger partial charge in [-0.3, -0.25) is 0 Å². The molecule has 0 aromatic heterocycles. The Kier molecular flexibility index (Phi) is 4.02. The van der Waals surface area contributed by atoms with Crippen LogP contribution in [0.15, 0.2) is 29.2 Å². The van der Waals surface area contributed by atoms with E-state index in [1.54, 1.807) is 0 Å². The van der Waals surface area contributed by atoms with Crippen LogP contribution in [0, 0.1) is 0 Å². The molecule has 1 radical (unpaired) electrons. The molecule has 0 N–H and O–H groups in total. The smallest absolute Gasteiger partial charge is 0.446 e. The molecule has 0 aliphatic rings. The fourth-order valence-electron chi connectivity index (χ4n) is 0.900. The van der Waals surface area contributed by atoms with Gasteiger partial charge in [0.25, 0.3) is 0 Å². The molecule has 1 rings (SSSR count). The van der Waals surface area contributed by atoms with E-state index in [0.29, 0.717) is 5.56 Å². The van der Waals surface area contributed by atoms with E-state index < -0.39 is 5.51 Å². The quantitative estimate of drug-likeness (QED) is 0.750. The number of hydrogen-bond acceptors (Lipinski definition) is 3. The van der Waals surface area contributed by atoms with Crippen LogP contribution < -0.4 is 0 Å². The van der Waals surface area contributed by atoms with Crippen LogP contribution in [-0.2, 0) is 16.1 Å². The van der Waals surface area contributed by atoms with Gasteiger partial charge in [0, 0.05) is 4.90 Å². The molecule has 81 valence electrons. The van der Waals surface area contributed by atoms with Crippen LogP contribution in [0.25, 0.3) is 0 Å². The summed E-state index contributed by atoms with van der Waals surface area (Å²) in [6.07, 6.45) is 0. The van der Waals surface area contributed by atoms with Crippen molar-refractivity contribution in [2.45, 2.75) is 17.0 Å². The predicted octanol–water partition coefficient (Wildman–Crippen LogP) is 2.88. The second kappa shape index (κ2) is 5.06. The maximum absolute atomic E-state index is 11.9. The minimum Gasteiger partial charge on any atom is -0.452 e. The van der Waals surface area contributed by atoms with Crippen LogP contribution in [0.4, 0.5) is 13.2 Å². The lowest BCUT2D eigenvalue weighted by Gasteiger charge is -2.05.